The number of carbonyl (C=O) groups excluding carboxylic acids is 1. The molecule has 2 aromatic rings. The number of aromatic nitrogens is 1. The number of hydrogen-bond donors (Lipinski definition) is 0. The molecule has 0 bridgehead atoms. The number of benzene rings is 1. The monoisotopic (exact) mass is 386 g/mol. The molecule has 0 radical (unpaired) electrons. The van der Waals surface area contributed by atoms with E-state index in [0.717, 1.165) is 24.1 Å². The third-order valence-corrected chi connectivity index (χ3v) is 5.40. The predicted octanol–water partition coefficient (Wildman–Crippen LogP) is 3.37. The minimum Gasteiger partial charge on any atom is -0.486 e. The molecular weight excluding hydrogens is 364 g/mol. The van der Waals surface area contributed by atoms with Crippen LogP contribution in [0, 0.1) is 6.92 Å². The number of carbonyl (C=O) groups is 1. The summed E-state index contributed by atoms with van der Waals surface area (Å²) in [5.41, 5.74) is 2.01. The maximum Gasteiger partial charge on any atom is 0.254 e. The highest BCUT2D eigenvalue weighted by molar-refractivity contribution is 6.30. The summed E-state index contributed by atoms with van der Waals surface area (Å²) in [6, 6.07) is 11.4. The van der Waals surface area contributed by atoms with Gasteiger partial charge in [-0.05, 0) is 49.9 Å². The van der Waals surface area contributed by atoms with Gasteiger partial charge in [0.2, 0.25) is 5.91 Å². The Hall–Kier alpha value is -2.27. The number of rotatable bonds is 6. The van der Waals surface area contributed by atoms with Crippen molar-refractivity contribution in [3.63, 3.8) is 0 Å². The van der Waals surface area contributed by atoms with Crippen molar-refractivity contribution in [3.05, 3.63) is 63.0 Å². The maximum absolute atomic E-state index is 12.3. The quantitative estimate of drug-likeness (QED) is 0.764. The molecule has 0 atom stereocenters. The molecule has 1 amide bonds. The van der Waals surface area contributed by atoms with E-state index in [1.54, 1.807) is 11.0 Å². The Bertz CT molecular complexity index is 914. The molecule has 2 heterocycles. The van der Waals surface area contributed by atoms with Crippen LogP contribution in [0.25, 0.3) is 0 Å². The van der Waals surface area contributed by atoms with Gasteiger partial charge in [-0.25, -0.2) is 0 Å². The minimum atomic E-state index is -0.0457. The topological polar surface area (TPSA) is 51.5 Å². The van der Waals surface area contributed by atoms with Crippen molar-refractivity contribution in [1.29, 1.82) is 0 Å². The Morgan fingerprint density at radius 2 is 2.00 bits per heavy atom. The molecule has 0 spiro atoms. The van der Waals surface area contributed by atoms with Crippen LogP contribution in [-0.2, 0) is 11.2 Å². The first-order chi connectivity index (χ1) is 13.0. The van der Waals surface area contributed by atoms with Gasteiger partial charge in [-0.2, -0.15) is 0 Å². The Kier molecular flexibility index (Phi) is 4.96. The second-order valence-electron chi connectivity index (χ2n) is 7.44. The van der Waals surface area contributed by atoms with E-state index >= 15 is 0 Å². The number of pyridine rings is 1. The van der Waals surface area contributed by atoms with Crippen molar-refractivity contribution in [3.8, 4) is 5.75 Å². The number of likely N-dealkylation sites (tertiary alicyclic amines) is 1. The standard InChI is InChI=1S/C21H23ClN2O3/c1-14-9-18(11-21(26)24(14)17-6-7-17)27-19-12-23(13-19)20(25)8-5-15-3-2-4-16(22)10-15/h2-4,9-11,17,19H,5-8,12-13H2,1H3. The molecule has 27 heavy (non-hydrogen) atoms. The number of ether oxygens (including phenoxy) is 1. The normalized spacial score (nSPS) is 16.9. The molecule has 142 valence electrons. The van der Waals surface area contributed by atoms with Gasteiger partial charge in [-0.1, -0.05) is 23.7 Å². The van der Waals surface area contributed by atoms with E-state index in [1.807, 2.05) is 41.8 Å². The third kappa shape index (κ3) is 4.19. The lowest BCUT2D eigenvalue weighted by atomic mass is 10.1. The van der Waals surface area contributed by atoms with Crippen molar-refractivity contribution in [2.45, 2.75) is 44.8 Å². The molecule has 2 fully saturated rings. The number of amides is 1. The van der Waals surface area contributed by atoms with Crippen molar-refractivity contribution >= 4 is 17.5 Å². The second-order valence-corrected chi connectivity index (χ2v) is 7.88. The van der Waals surface area contributed by atoms with Gasteiger partial charge in [0.15, 0.2) is 0 Å². The molecule has 1 aliphatic carbocycles. The first-order valence-electron chi connectivity index (χ1n) is 9.41. The van der Waals surface area contributed by atoms with Crippen molar-refractivity contribution in [2.24, 2.45) is 0 Å². The van der Waals surface area contributed by atoms with Gasteiger partial charge in [-0.3, -0.25) is 9.59 Å². The van der Waals surface area contributed by atoms with E-state index in [9.17, 15) is 9.59 Å². The molecule has 0 N–H and O–H groups in total. The zero-order chi connectivity index (χ0) is 19.0. The number of nitrogens with zero attached hydrogens (tertiary/aromatic N) is 2. The third-order valence-electron chi connectivity index (χ3n) is 5.17. The summed E-state index contributed by atoms with van der Waals surface area (Å²) in [5.74, 6) is 0.723. The van der Waals surface area contributed by atoms with Gasteiger partial charge in [0.05, 0.1) is 13.1 Å². The van der Waals surface area contributed by atoms with E-state index in [0.29, 0.717) is 42.7 Å². The lowest BCUT2D eigenvalue weighted by molar-refractivity contribution is -0.139. The van der Waals surface area contributed by atoms with Crippen LogP contribution in [0.2, 0.25) is 5.02 Å². The summed E-state index contributed by atoms with van der Waals surface area (Å²) >= 11 is 5.97. The van der Waals surface area contributed by atoms with E-state index in [2.05, 4.69) is 0 Å². The SMILES string of the molecule is Cc1cc(OC2CN(C(=O)CCc3cccc(Cl)c3)C2)cc(=O)n1C1CC1. The Morgan fingerprint density at radius 3 is 2.67 bits per heavy atom. The molecule has 1 aliphatic heterocycles. The summed E-state index contributed by atoms with van der Waals surface area (Å²) in [5, 5.41) is 0.691. The van der Waals surface area contributed by atoms with E-state index < -0.39 is 0 Å². The second kappa shape index (κ2) is 7.39. The van der Waals surface area contributed by atoms with Gasteiger partial charge in [-0.15, -0.1) is 0 Å². The summed E-state index contributed by atoms with van der Waals surface area (Å²) in [4.78, 5) is 26.4. The number of hydrogen-bond acceptors (Lipinski definition) is 3. The van der Waals surface area contributed by atoms with Gasteiger partial charge < -0.3 is 14.2 Å². The molecule has 2 aliphatic rings. The minimum absolute atomic E-state index is 0.00118. The fourth-order valence-electron chi connectivity index (χ4n) is 3.56. The lowest BCUT2D eigenvalue weighted by Crippen LogP contribution is -2.56. The lowest BCUT2D eigenvalue weighted by Gasteiger charge is -2.39. The molecule has 1 saturated carbocycles. The first-order valence-corrected chi connectivity index (χ1v) is 9.79. The summed E-state index contributed by atoms with van der Waals surface area (Å²) in [7, 11) is 0. The van der Waals surface area contributed by atoms with E-state index in [1.165, 1.54) is 0 Å². The molecule has 1 aromatic carbocycles. The number of halogens is 1. The van der Waals surface area contributed by atoms with Crippen molar-refractivity contribution < 1.29 is 9.53 Å². The van der Waals surface area contributed by atoms with Crippen LogP contribution in [0.4, 0.5) is 0 Å². The molecule has 1 saturated heterocycles. The fourth-order valence-corrected chi connectivity index (χ4v) is 3.77. The highest BCUT2D eigenvalue weighted by atomic mass is 35.5. The van der Waals surface area contributed by atoms with Gasteiger partial charge in [0.1, 0.15) is 11.9 Å². The van der Waals surface area contributed by atoms with E-state index in [4.69, 9.17) is 16.3 Å². The fraction of sp³-hybridized carbons (Fsp3) is 0.429. The smallest absolute Gasteiger partial charge is 0.254 e. The average Bonchev–Trinajstić information content (AvgIpc) is 3.40. The largest absolute Gasteiger partial charge is 0.486 e. The van der Waals surface area contributed by atoms with Crippen molar-refractivity contribution in [1.82, 2.24) is 9.47 Å². The molecule has 0 unspecified atom stereocenters. The van der Waals surface area contributed by atoms with Gasteiger partial charge in [0.25, 0.3) is 5.56 Å². The van der Waals surface area contributed by atoms with Crippen LogP contribution in [0.15, 0.2) is 41.2 Å². The summed E-state index contributed by atoms with van der Waals surface area (Å²) in [6.45, 7) is 3.08. The highest BCUT2D eigenvalue weighted by Gasteiger charge is 2.32. The van der Waals surface area contributed by atoms with Crippen LogP contribution in [0.5, 0.6) is 5.75 Å². The van der Waals surface area contributed by atoms with Gasteiger partial charge in [0, 0.05) is 29.2 Å². The molecular formula is C21H23ClN2O3. The number of aryl methyl sites for hydroxylation is 2. The van der Waals surface area contributed by atoms with Crippen LogP contribution < -0.4 is 10.3 Å². The van der Waals surface area contributed by atoms with Crippen LogP contribution in [0.3, 0.4) is 0 Å². The van der Waals surface area contributed by atoms with Crippen LogP contribution in [0.1, 0.15) is 36.6 Å². The highest BCUT2D eigenvalue weighted by Crippen LogP contribution is 2.35. The Balaban J connectivity index is 1.27. The molecule has 6 heteroatoms. The maximum atomic E-state index is 12.3. The first kappa shape index (κ1) is 18.1. The Labute approximate surface area is 163 Å². The van der Waals surface area contributed by atoms with Crippen LogP contribution >= 0.6 is 11.6 Å². The van der Waals surface area contributed by atoms with Gasteiger partial charge >= 0.3 is 0 Å². The predicted molar refractivity (Wildman–Crippen MR) is 104 cm³/mol. The van der Waals surface area contributed by atoms with E-state index in [-0.39, 0.29) is 17.6 Å². The molecule has 5 nitrogen and oxygen atoms in total. The zero-order valence-electron chi connectivity index (χ0n) is 15.4. The average molecular weight is 387 g/mol. The Morgan fingerprint density at radius 1 is 1.22 bits per heavy atom. The van der Waals surface area contributed by atoms with Crippen molar-refractivity contribution in [2.75, 3.05) is 13.1 Å². The van der Waals surface area contributed by atoms with Crippen LogP contribution in [-0.4, -0.2) is 34.6 Å². The molecule has 4 rings (SSSR count). The zero-order valence-corrected chi connectivity index (χ0v) is 16.1. The summed E-state index contributed by atoms with van der Waals surface area (Å²) < 4.78 is 7.75. The molecule has 1 aromatic heterocycles. The summed E-state index contributed by atoms with van der Waals surface area (Å²) in [6.07, 6.45) is 3.26.